The molecule has 1 fully saturated rings. The van der Waals surface area contributed by atoms with Crippen molar-refractivity contribution in [2.75, 3.05) is 5.32 Å². The number of hydrogen-bond acceptors (Lipinski definition) is 4. The van der Waals surface area contributed by atoms with Crippen LogP contribution in [0.1, 0.15) is 32.6 Å². The highest BCUT2D eigenvalue weighted by Gasteiger charge is 2.23. The summed E-state index contributed by atoms with van der Waals surface area (Å²) in [5.74, 6) is 0.779. The van der Waals surface area contributed by atoms with E-state index < -0.39 is 0 Å². The van der Waals surface area contributed by atoms with Gasteiger partial charge in [-0.05, 0) is 49.9 Å². The molecule has 3 N–H and O–H groups in total. The van der Waals surface area contributed by atoms with E-state index in [0.29, 0.717) is 5.02 Å². The van der Waals surface area contributed by atoms with Crippen LogP contribution in [0.5, 0.6) is 0 Å². The Balaban J connectivity index is 1.57. The number of aromatic nitrogens is 3. The second-order valence-electron chi connectivity index (χ2n) is 7.06. The minimum atomic E-state index is 0.0248. The van der Waals surface area contributed by atoms with Crippen molar-refractivity contribution < 1.29 is 4.79 Å². The van der Waals surface area contributed by atoms with Crippen LogP contribution >= 0.6 is 11.6 Å². The van der Waals surface area contributed by atoms with Gasteiger partial charge in [0.05, 0.1) is 5.69 Å². The van der Waals surface area contributed by atoms with E-state index >= 15 is 0 Å². The monoisotopic (exact) mass is 383 g/mol. The van der Waals surface area contributed by atoms with E-state index in [1.807, 2.05) is 30.5 Å². The van der Waals surface area contributed by atoms with Gasteiger partial charge in [-0.1, -0.05) is 11.6 Å². The summed E-state index contributed by atoms with van der Waals surface area (Å²) in [4.78, 5) is 23.6. The summed E-state index contributed by atoms with van der Waals surface area (Å²) in [5.41, 5.74) is 2.61. The molecule has 0 aliphatic heterocycles. The molecule has 1 amide bonds. The van der Waals surface area contributed by atoms with Crippen LogP contribution in [0.2, 0.25) is 5.02 Å². The quantitative estimate of drug-likeness (QED) is 0.632. The molecule has 1 aliphatic rings. The van der Waals surface area contributed by atoms with E-state index in [4.69, 9.17) is 16.6 Å². The lowest BCUT2D eigenvalue weighted by atomic mass is 9.91. The van der Waals surface area contributed by atoms with Gasteiger partial charge in [0.1, 0.15) is 11.5 Å². The molecule has 7 heteroatoms. The van der Waals surface area contributed by atoms with Crippen LogP contribution in [0.25, 0.3) is 22.3 Å². The second-order valence-corrected chi connectivity index (χ2v) is 7.50. The molecule has 6 nitrogen and oxygen atoms in total. The van der Waals surface area contributed by atoms with Crippen molar-refractivity contribution in [2.24, 2.45) is 0 Å². The van der Waals surface area contributed by atoms with Crippen molar-refractivity contribution in [3.8, 4) is 11.3 Å². The van der Waals surface area contributed by atoms with E-state index in [1.54, 1.807) is 13.1 Å². The number of hydrogen-bond donors (Lipinski definition) is 3. The topological polar surface area (TPSA) is 82.7 Å². The first-order valence-corrected chi connectivity index (χ1v) is 9.60. The van der Waals surface area contributed by atoms with Crippen molar-refractivity contribution in [1.82, 2.24) is 20.3 Å². The number of amides is 1. The molecule has 2 atom stereocenters. The predicted octanol–water partition coefficient (Wildman–Crippen LogP) is 4.14. The number of halogens is 1. The van der Waals surface area contributed by atoms with Crippen LogP contribution in [-0.2, 0) is 4.79 Å². The summed E-state index contributed by atoms with van der Waals surface area (Å²) < 4.78 is 0. The molecular weight excluding hydrogens is 362 g/mol. The molecule has 4 rings (SSSR count). The van der Waals surface area contributed by atoms with E-state index in [2.05, 4.69) is 20.6 Å². The molecule has 0 spiro atoms. The maximum Gasteiger partial charge on any atom is 0.217 e. The molecule has 0 saturated heterocycles. The first kappa shape index (κ1) is 17.8. The van der Waals surface area contributed by atoms with Crippen molar-refractivity contribution in [1.29, 1.82) is 0 Å². The molecule has 140 valence electrons. The standard InChI is InChI=1S/C20H22ClN5O/c1-12(27)24-14-4-2-5-15(10-14)25-19-9-13(21)8-18(26-19)17-11-23-20-16(17)6-3-7-22-20/h3,6-9,11,14-15H,2,4-5,10H2,1H3,(H,22,23)(H,24,27)(H,25,26). The molecule has 0 aromatic carbocycles. The Bertz CT molecular complexity index is 970. The number of anilines is 1. The largest absolute Gasteiger partial charge is 0.367 e. The summed E-state index contributed by atoms with van der Waals surface area (Å²) in [6.45, 7) is 1.57. The molecule has 1 aliphatic carbocycles. The van der Waals surface area contributed by atoms with Crippen molar-refractivity contribution in [3.05, 3.63) is 41.7 Å². The third-order valence-electron chi connectivity index (χ3n) is 4.95. The molecule has 1 saturated carbocycles. The SMILES string of the molecule is CC(=O)NC1CCCC(Nc2cc(Cl)cc(-c3c[nH]c4ncccc34)n2)C1. The third-order valence-corrected chi connectivity index (χ3v) is 5.17. The maximum atomic E-state index is 11.3. The molecule has 3 heterocycles. The Kier molecular flexibility index (Phi) is 4.99. The van der Waals surface area contributed by atoms with Gasteiger partial charge >= 0.3 is 0 Å². The van der Waals surface area contributed by atoms with E-state index in [1.165, 1.54) is 0 Å². The number of aromatic amines is 1. The van der Waals surface area contributed by atoms with Crippen molar-refractivity contribution >= 4 is 34.4 Å². The smallest absolute Gasteiger partial charge is 0.217 e. The first-order valence-electron chi connectivity index (χ1n) is 9.22. The zero-order valence-electron chi connectivity index (χ0n) is 15.1. The van der Waals surface area contributed by atoms with Crippen LogP contribution in [0.4, 0.5) is 5.82 Å². The molecule has 0 bridgehead atoms. The van der Waals surface area contributed by atoms with Gasteiger partial charge in [-0.25, -0.2) is 9.97 Å². The fourth-order valence-electron chi connectivity index (χ4n) is 3.83. The predicted molar refractivity (Wildman–Crippen MR) is 108 cm³/mol. The van der Waals surface area contributed by atoms with Crippen LogP contribution < -0.4 is 10.6 Å². The highest BCUT2D eigenvalue weighted by atomic mass is 35.5. The minimum Gasteiger partial charge on any atom is -0.367 e. The number of carbonyl (C=O) groups excluding carboxylic acids is 1. The van der Waals surface area contributed by atoms with Crippen molar-refractivity contribution in [3.63, 3.8) is 0 Å². The first-order chi connectivity index (χ1) is 13.1. The van der Waals surface area contributed by atoms with Gasteiger partial charge in [0.2, 0.25) is 5.91 Å². The number of H-pyrrole nitrogens is 1. The lowest BCUT2D eigenvalue weighted by Gasteiger charge is -2.30. The van der Waals surface area contributed by atoms with Gasteiger partial charge in [-0.2, -0.15) is 0 Å². The molecule has 0 radical (unpaired) electrons. The summed E-state index contributed by atoms with van der Waals surface area (Å²) in [7, 11) is 0. The van der Waals surface area contributed by atoms with Gasteiger partial charge in [0.25, 0.3) is 0 Å². The number of carbonyl (C=O) groups is 1. The molecule has 3 aromatic heterocycles. The van der Waals surface area contributed by atoms with Gasteiger partial charge in [-0.15, -0.1) is 0 Å². The summed E-state index contributed by atoms with van der Waals surface area (Å²) in [5, 5.41) is 8.18. The Hall–Kier alpha value is -2.60. The van der Waals surface area contributed by atoms with Gasteiger partial charge in [0.15, 0.2) is 0 Å². The van der Waals surface area contributed by atoms with Crippen LogP contribution in [0.15, 0.2) is 36.7 Å². The molecule has 3 aromatic rings. The number of pyridine rings is 2. The Morgan fingerprint density at radius 2 is 2.15 bits per heavy atom. The van der Waals surface area contributed by atoms with E-state index in [0.717, 1.165) is 53.8 Å². The van der Waals surface area contributed by atoms with Crippen molar-refractivity contribution in [2.45, 2.75) is 44.7 Å². The van der Waals surface area contributed by atoms with Crippen LogP contribution in [-0.4, -0.2) is 32.9 Å². The van der Waals surface area contributed by atoms with Gasteiger partial charge < -0.3 is 15.6 Å². The zero-order chi connectivity index (χ0) is 18.8. The summed E-state index contributed by atoms with van der Waals surface area (Å²) >= 11 is 6.37. The highest BCUT2D eigenvalue weighted by Crippen LogP contribution is 2.30. The fraction of sp³-hybridized carbons (Fsp3) is 0.350. The summed E-state index contributed by atoms with van der Waals surface area (Å²) in [6, 6.07) is 8.12. The normalized spacial score (nSPS) is 19.8. The van der Waals surface area contributed by atoms with Crippen LogP contribution in [0.3, 0.4) is 0 Å². The van der Waals surface area contributed by atoms with E-state index in [-0.39, 0.29) is 18.0 Å². The second kappa shape index (κ2) is 7.56. The summed E-state index contributed by atoms with van der Waals surface area (Å²) in [6.07, 6.45) is 7.71. The highest BCUT2D eigenvalue weighted by molar-refractivity contribution is 6.31. The third kappa shape index (κ3) is 4.06. The number of nitrogens with one attached hydrogen (secondary N) is 3. The maximum absolute atomic E-state index is 11.3. The molecule has 27 heavy (non-hydrogen) atoms. The fourth-order valence-corrected chi connectivity index (χ4v) is 4.03. The van der Waals surface area contributed by atoms with Gasteiger partial charge in [-0.3, -0.25) is 4.79 Å². The number of fused-ring (bicyclic) bond motifs is 1. The average molecular weight is 384 g/mol. The average Bonchev–Trinajstić information content (AvgIpc) is 3.05. The van der Waals surface area contributed by atoms with E-state index in [9.17, 15) is 4.79 Å². The Morgan fingerprint density at radius 3 is 3.00 bits per heavy atom. The Labute approximate surface area is 162 Å². The Morgan fingerprint density at radius 1 is 1.30 bits per heavy atom. The van der Waals surface area contributed by atoms with Gasteiger partial charge in [0, 0.05) is 47.4 Å². The van der Waals surface area contributed by atoms with Crippen LogP contribution in [0, 0.1) is 0 Å². The lowest BCUT2D eigenvalue weighted by Crippen LogP contribution is -2.40. The molecule has 2 unspecified atom stereocenters. The minimum absolute atomic E-state index is 0.0248. The number of rotatable bonds is 4. The lowest BCUT2D eigenvalue weighted by molar-refractivity contribution is -0.119. The molecular formula is C20H22ClN5O. The number of nitrogens with zero attached hydrogens (tertiary/aromatic N) is 2. The zero-order valence-corrected chi connectivity index (χ0v) is 15.9.